The van der Waals surface area contributed by atoms with Crippen LogP contribution in [0.4, 0.5) is 0 Å². The molecule has 5 heteroatoms. The van der Waals surface area contributed by atoms with Crippen LogP contribution in [0, 0.1) is 5.92 Å². The van der Waals surface area contributed by atoms with Crippen LogP contribution >= 0.6 is 0 Å². The molecular formula is C13H24N2O3. The molecule has 104 valence electrons. The Balaban J connectivity index is 3.91. The Morgan fingerprint density at radius 1 is 1.39 bits per heavy atom. The molecule has 18 heavy (non-hydrogen) atoms. The fourth-order valence-corrected chi connectivity index (χ4v) is 1.25. The quantitative estimate of drug-likeness (QED) is 0.548. The first-order valence-corrected chi connectivity index (χ1v) is 6.11. The van der Waals surface area contributed by atoms with Crippen LogP contribution in [-0.2, 0) is 14.3 Å². The highest BCUT2D eigenvalue weighted by Gasteiger charge is 2.18. The highest BCUT2D eigenvalue weighted by atomic mass is 16.6. The standard InChI is InChI=1S/C13H24N2O3/c1-10(8-12(17)18-13(2,3)4)9-15-11(16)6-5-7-14/h5-6,10H,7-9,14H2,1-4H3,(H,15,16). The van der Waals surface area contributed by atoms with Crippen molar-refractivity contribution in [2.75, 3.05) is 13.1 Å². The van der Waals surface area contributed by atoms with Gasteiger partial charge in [-0.25, -0.2) is 0 Å². The van der Waals surface area contributed by atoms with Gasteiger partial charge in [0.2, 0.25) is 5.91 Å². The third-order valence-electron chi connectivity index (χ3n) is 1.97. The van der Waals surface area contributed by atoms with Crippen LogP contribution in [0.2, 0.25) is 0 Å². The summed E-state index contributed by atoms with van der Waals surface area (Å²) in [5.41, 5.74) is 4.76. The summed E-state index contributed by atoms with van der Waals surface area (Å²) in [6.45, 7) is 8.14. The summed E-state index contributed by atoms with van der Waals surface area (Å²) in [5.74, 6) is -0.409. The van der Waals surface area contributed by atoms with Crippen molar-refractivity contribution in [3.63, 3.8) is 0 Å². The lowest BCUT2D eigenvalue weighted by Gasteiger charge is -2.21. The zero-order valence-electron chi connectivity index (χ0n) is 11.7. The van der Waals surface area contributed by atoms with E-state index in [0.717, 1.165) is 0 Å². The minimum atomic E-state index is -0.468. The van der Waals surface area contributed by atoms with E-state index in [1.807, 2.05) is 27.7 Å². The number of ether oxygens (including phenoxy) is 1. The molecule has 0 saturated heterocycles. The largest absolute Gasteiger partial charge is 0.460 e. The number of rotatable bonds is 6. The third-order valence-corrected chi connectivity index (χ3v) is 1.97. The Labute approximate surface area is 109 Å². The minimum Gasteiger partial charge on any atom is -0.460 e. The zero-order chi connectivity index (χ0) is 14.2. The van der Waals surface area contributed by atoms with Gasteiger partial charge in [0.15, 0.2) is 0 Å². The van der Waals surface area contributed by atoms with Crippen LogP contribution in [-0.4, -0.2) is 30.6 Å². The van der Waals surface area contributed by atoms with Crippen molar-refractivity contribution in [2.45, 2.75) is 39.7 Å². The molecule has 0 aromatic carbocycles. The Morgan fingerprint density at radius 2 is 2.00 bits per heavy atom. The molecule has 0 fully saturated rings. The van der Waals surface area contributed by atoms with Gasteiger partial charge >= 0.3 is 5.97 Å². The summed E-state index contributed by atoms with van der Waals surface area (Å²) in [7, 11) is 0. The summed E-state index contributed by atoms with van der Waals surface area (Å²) >= 11 is 0. The fourth-order valence-electron chi connectivity index (χ4n) is 1.25. The van der Waals surface area contributed by atoms with Gasteiger partial charge in [-0.3, -0.25) is 9.59 Å². The van der Waals surface area contributed by atoms with Gasteiger partial charge in [-0.2, -0.15) is 0 Å². The fraction of sp³-hybridized carbons (Fsp3) is 0.692. The lowest BCUT2D eigenvalue weighted by molar-refractivity contribution is -0.155. The highest BCUT2D eigenvalue weighted by molar-refractivity contribution is 5.87. The maximum Gasteiger partial charge on any atom is 0.306 e. The van der Waals surface area contributed by atoms with E-state index in [9.17, 15) is 9.59 Å². The van der Waals surface area contributed by atoms with Crippen molar-refractivity contribution < 1.29 is 14.3 Å². The van der Waals surface area contributed by atoms with Gasteiger partial charge in [0.25, 0.3) is 0 Å². The highest BCUT2D eigenvalue weighted by Crippen LogP contribution is 2.11. The molecule has 0 radical (unpaired) electrons. The summed E-state index contributed by atoms with van der Waals surface area (Å²) < 4.78 is 5.20. The minimum absolute atomic E-state index is 0.0371. The van der Waals surface area contributed by atoms with E-state index in [2.05, 4.69) is 5.32 Å². The summed E-state index contributed by atoms with van der Waals surface area (Å²) in [6.07, 6.45) is 3.26. The molecule has 0 saturated carbocycles. The molecule has 0 bridgehead atoms. The van der Waals surface area contributed by atoms with Gasteiger partial charge in [-0.1, -0.05) is 13.0 Å². The van der Waals surface area contributed by atoms with Crippen LogP contribution in [0.5, 0.6) is 0 Å². The summed E-state index contributed by atoms with van der Waals surface area (Å²) in [6, 6.07) is 0. The predicted octanol–water partition coefficient (Wildman–Crippen LogP) is 0.985. The van der Waals surface area contributed by atoms with Crippen molar-refractivity contribution in [3.05, 3.63) is 12.2 Å². The maximum absolute atomic E-state index is 11.5. The molecule has 1 unspecified atom stereocenters. The Bertz CT molecular complexity index is 306. The van der Waals surface area contributed by atoms with E-state index < -0.39 is 5.60 Å². The SMILES string of the molecule is CC(CNC(=O)C=CCN)CC(=O)OC(C)(C)C. The monoisotopic (exact) mass is 256 g/mol. The number of amides is 1. The second kappa shape index (κ2) is 7.87. The Morgan fingerprint density at radius 3 is 2.50 bits per heavy atom. The average Bonchev–Trinajstić information content (AvgIpc) is 2.20. The van der Waals surface area contributed by atoms with Crippen LogP contribution in [0.15, 0.2) is 12.2 Å². The van der Waals surface area contributed by atoms with E-state index in [4.69, 9.17) is 10.5 Å². The van der Waals surface area contributed by atoms with Crippen LogP contribution in [0.1, 0.15) is 34.1 Å². The molecule has 1 atom stereocenters. The number of hydrogen-bond acceptors (Lipinski definition) is 4. The van der Waals surface area contributed by atoms with Gasteiger partial charge < -0.3 is 15.8 Å². The van der Waals surface area contributed by atoms with Gasteiger partial charge in [0.1, 0.15) is 5.60 Å². The number of nitrogens with one attached hydrogen (secondary N) is 1. The molecule has 5 nitrogen and oxygen atoms in total. The second-order valence-electron chi connectivity index (χ2n) is 5.28. The summed E-state index contributed by atoms with van der Waals surface area (Å²) in [4.78, 5) is 22.8. The topological polar surface area (TPSA) is 81.4 Å². The number of hydrogen-bond donors (Lipinski definition) is 2. The van der Waals surface area contributed by atoms with E-state index in [-0.39, 0.29) is 24.2 Å². The van der Waals surface area contributed by atoms with Crippen molar-refractivity contribution in [1.82, 2.24) is 5.32 Å². The molecular weight excluding hydrogens is 232 g/mol. The second-order valence-corrected chi connectivity index (χ2v) is 5.28. The van der Waals surface area contributed by atoms with Crippen molar-refractivity contribution in [2.24, 2.45) is 11.7 Å². The molecule has 0 aliphatic rings. The number of esters is 1. The molecule has 0 heterocycles. The molecule has 0 aliphatic heterocycles. The zero-order valence-corrected chi connectivity index (χ0v) is 11.7. The molecule has 0 spiro atoms. The lowest BCUT2D eigenvalue weighted by atomic mass is 10.1. The molecule has 0 aliphatic carbocycles. The molecule has 1 amide bonds. The number of carbonyl (C=O) groups is 2. The van der Waals surface area contributed by atoms with Gasteiger partial charge in [-0.15, -0.1) is 0 Å². The van der Waals surface area contributed by atoms with Crippen molar-refractivity contribution in [1.29, 1.82) is 0 Å². The van der Waals surface area contributed by atoms with E-state index in [1.54, 1.807) is 6.08 Å². The molecule has 0 aromatic heterocycles. The number of nitrogens with two attached hydrogens (primary N) is 1. The van der Waals surface area contributed by atoms with E-state index in [1.165, 1.54) is 6.08 Å². The van der Waals surface area contributed by atoms with Crippen molar-refractivity contribution in [3.8, 4) is 0 Å². The molecule has 0 rings (SSSR count). The first kappa shape index (κ1) is 16.6. The third kappa shape index (κ3) is 9.84. The predicted molar refractivity (Wildman–Crippen MR) is 70.8 cm³/mol. The maximum atomic E-state index is 11.5. The summed E-state index contributed by atoms with van der Waals surface area (Å²) in [5, 5.41) is 2.70. The van der Waals surface area contributed by atoms with Crippen molar-refractivity contribution >= 4 is 11.9 Å². The van der Waals surface area contributed by atoms with Crippen LogP contribution in [0.3, 0.4) is 0 Å². The van der Waals surface area contributed by atoms with E-state index in [0.29, 0.717) is 13.1 Å². The van der Waals surface area contributed by atoms with Crippen LogP contribution in [0.25, 0.3) is 0 Å². The van der Waals surface area contributed by atoms with Crippen LogP contribution < -0.4 is 11.1 Å². The van der Waals surface area contributed by atoms with Gasteiger partial charge in [-0.05, 0) is 26.7 Å². The first-order chi connectivity index (χ1) is 8.24. The average molecular weight is 256 g/mol. The number of carbonyl (C=O) groups excluding carboxylic acids is 2. The van der Waals surface area contributed by atoms with E-state index >= 15 is 0 Å². The smallest absolute Gasteiger partial charge is 0.306 e. The Kier molecular flexibility index (Phi) is 7.27. The normalized spacial score (nSPS) is 13.4. The first-order valence-electron chi connectivity index (χ1n) is 6.11. The molecule has 3 N–H and O–H groups in total. The molecule has 0 aromatic rings. The Hall–Kier alpha value is -1.36. The van der Waals surface area contributed by atoms with Gasteiger partial charge in [0.05, 0.1) is 0 Å². The lowest BCUT2D eigenvalue weighted by Crippen LogP contribution is -2.30. The van der Waals surface area contributed by atoms with Gasteiger partial charge in [0, 0.05) is 25.6 Å².